The molecule has 0 saturated carbocycles. The first kappa shape index (κ1) is 15.0. The van der Waals surface area contributed by atoms with Gasteiger partial charge in [-0.3, -0.25) is 4.55 Å². The third-order valence-electron chi connectivity index (χ3n) is 1.50. The molecule has 0 aliphatic carbocycles. The van der Waals surface area contributed by atoms with Gasteiger partial charge in [0.25, 0.3) is 10.1 Å². The number of carboxylic acid groups (broad SMARTS) is 1. The second-order valence-corrected chi connectivity index (χ2v) is 3.88. The zero-order chi connectivity index (χ0) is 10.9. The van der Waals surface area contributed by atoms with Crippen molar-refractivity contribution in [2.24, 2.45) is 0 Å². The van der Waals surface area contributed by atoms with Crippen molar-refractivity contribution in [1.29, 1.82) is 0 Å². The number of phenols is 1. The first-order valence-electron chi connectivity index (χ1n) is 3.36. The maximum atomic E-state index is 10.6. The van der Waals surface area contributed by atoms with Crippen LogP contribution in [0.15, 0.2) is 23.1 Å². The first-order chi connectivity index (χ1) is 6.32. The van der Waals surface area contributed by atoms with Gasteiger partial charge in [-0.05, 0) is 18.2 Å². The SMILES string of the molecule is O=C(O)c1cc(S(=O)(=O)O)ccc1O.[KH]. The molecular weight excluding hydrogens is 251 g/mol. The predicted octanol–water partition coefficient (Wildman–Crippen LogP) is -0.311. The van der Waals surface area contributed by atoms with Gasteiger partial charge in [-0.1, -0.05) is 0 Å². The monoisotopic (exact) mass is 258 g/mol. The average Bonchev–Trinajstić information content (AvgIpc) is 2.02. The molecular formula is C7H7KO6S. The Hall–Kier alpha value is 0.0364. The van der Waals surface area contributed by atoms with Gasteiger partial charge in [-0.15, -0.1) is 0 Å². The summed E-state index contributed by atoms with van der Waals surface area (Å²) in [6.45, 7) is 0. The molecule has 0 aliphatic heterocycles. The summed E-state index contributed by atoms with van der Waals surface area (Å²) >= 11 is 0. The van der Waals surface area contributed by atoms with Gasteiger partial charge in [0.15, 0.2) is 0 Å². The molecule has 0 saturated heterocycles. The second kappa shape index (κ2) is 5.39. The van der Waals surface area contributed by atoms with Crippen LogP contribution in [0.25, 0.3) is 0 Å². The van der Waals surface area contributed by atoms with E-state index in [-0.39, 0.29) is 51.4 Å². The number of aromatic hydroxyl groups is 1. The van der Waals surface area contributed by atoms with Gasteiger partial charge in [0.05, 0.1) is 4.90 Å². The summed E-state index contributed by atoms with van der Waals surface area (Å²) in [6, 6.07) is 2.46. The molecule has 0 unspecified atom stereocenters. The van der Waals surface area contributed by atoms with Crippen molar-refractivity contribution < 1.29 is 28.0 Å². The van der Waals surface area contributed by atoms with E-state index in [1.807, 2.05) is 0 Å². The van der Waals surface area contributed by atoms with Crippen LogP contribution < -0.4 is 0 Å². The maximum absolute atomic E-state index is 10.6. The Labute approximate surface area is 128 Å². The van der Waals surface area contributed by atoms with Crippen molar-refractivity contribution in [3.05, 3.63) is 23.8 Å². The predicted molar refractivity (Wildman–Crippen MR) is 52.0 cm³/mol. The Kier molecular flexibility index (Phi) is 5.40. The van der Waals surface area contributed by atoms with Crippen LogP contribution in [-0.4, -0.2) is 80.5 Å². The van der Waals surface area contributed by atoms with Gasteiger partial charge >= 0.3 is 57.4 Å². The zero-order valence-corrected chi connectivity index (χ0v) is 7.52. The van der Waals surface area contributed by atoms with Crippen molar-refractivity contribution in [2.75, 3.05) is 0 Å². The van der Waals surface area contributed by atoms with E-state index >= 15 is 0 Å². The topological polar surface area (TPSA) is 112 Å². The number of aromatic carboxylic acids is 1. The molecule has 0 aliphatic rings. The molecule has 0 atom stereocenters. The zero-order valence-electron chi connectivity index (χ0n) is 6.71. The fraction of sp³-hybridized carbons (Fsp3) is 0. The van der Waals surface area contributed by atoms with E-state index in [0.29, 0.717) is 6.07 Å². The van der Waals surface area contributed by atoms with Gasteiger partial charge in [-0.25, -0.2) is 4.79 Å². The van der Waals surface area contributed by atoms with Gasteiger partial charge in [0.1, 0.15) is 11.3 Å². The molecule has 0 amide bonds. The average molecular weight is 258 g/mol. The summed E-state index contributed by atoms with van der Waals surface area (Å²) in [7, 11) is -4.45. The van der Waals surface area contributed by atoms with Gasteiger partial charge < -0.3 is 10.2 Å². The quantitative estimate of drug-likeness (QED) is 0.495. The van der Waals surface area contributed by atoms with Crippen LogP contribution >= 0.6 is 0 Å². The molecule has 0 spiro atoms. The van der Waals surface area contributed by atoms with E-state index < -0.39 is 32.3 Å². The van der Waals surface area contributed by atoms with Crippen molar-refractivity contribution in [3.63, 3.8) is 0 Å². The molecule has 1 rings (SSSR count). The van der Waals surface area contributed by atoms with Gasteiger partial charge in [0.2, 0.25) is 0 Å². The molecule has 3 N–H and O–H groups in total. The number of benzene rings is 1. The number of carboxylic acids is 1. The Morgan fingerprint density at radius 2 is 1.80 bits per heavy atom. The summed E-state index contributed by atoms with van der Waals surface area (Å²) in [5.41, 5.74) is -0.583. The van der Waals surface area contributed by atoms with Crippen molar-refractivity contribution >= 4 is 67.5 Å². The molecule has 0 fully saturated rings. The number of hydrogen-bond acceptors (Lipinski definition) is 4. The molecule has 1 aromatic carbocycles. The van der Waals surface area contributed by atoms with E-state index in [1.165, 1.54) is 0 Å². The summed E-state index contributed by atoms with van der Waals surface area (Å²) in [5, 5.41) is 17.5. The van der Waals surface area contributed by atoms with Crippen molar-refractivity contribution in [2.45, 2.75) is 4.90 Å². The number of carbonyl (C=O) groups is 1. The third-order valence-corrected chi connectivity index (χ3v) is 2.35. The third kappa shape index (κ3) is 3.83. The molecule has 6 nitrogen and oxygen atoms in total. The summed E-state index contributed by atoms with van der Waals surface area (Å²) in [6.07, 6.45) is 0. The molecule has 8 heteroatoms. The minimum atomic E-state index is -4.45. The Balaban J connectivity index is 0.00000196. The molecule has 0 bridgehead atoms. The van der Waals surface area contributed by atoms with Gasteiger partial charge in [0, 0.05) is 0 Å². The van der Waals surface area contributed by atoms with Gasteiger partial charge in [-0.2, -0.15) is 8.42 Å². The van der Waals surface area contributed by atoms with E-state index in [2.05, 4.69) is 0 Å². The molecule has 15 heavy (non-hydrogen) atoms. The van der Waals surface area contributed by atoms with Crippen LogP contribution in [0.3, 0.4) is 0 Å². The summed E-state index contributed by atoms with van der Waals surface area (Å²) in [4.78, 5) is 9.89. The number of rotatable bonds is 2. The van der Waals surface area contributed by atoms with E-state index in [0.717, 1.165) is 12.1 Å². The Morgan fingerprint density at radius 3 is 2.20 bits per heavy atom. The molecule has 1 aromatic rings. The molecule has 0 heterocycles. The van der Waals surface area contributed by atoms with Crippen LogP contribution in [0.1, 0.15) is 10.4 Å². The second-order valence-electron chi connectivity index (χ2n) is 2.46. The van der Waals surface area contributed by atoms with Crippen molar-refractivity contribution in [3.8, 4) is 5.75 Å². The van der Waals surface area contributed by atoms with Crippen molar-refractivity contribution in [1.82, 2.24) is 0 Å². The van der Waals surface area contributed by atoms with Crippen LogP contribution in [0.2, 0.25) is 0 Å². The molecule has 0 radical (unpaired) electrons. The van der Waals surface area contributed by atoms with Crippen LogP contribution in [0.5, 0.6) is 5.75 Å². The minimum absolute atomic E-state index is 0. The Morgan fingerprint density at radius 1 is 1.27 bits per heavy atom. The number of hydrogen-bond donors (Lipinski definition) is 3. The first-order valence-corrected chi connectivity index (χ1v) is 4.80. The van der Waals surface area contributed by atoms with E-state index in [9.17, 15) is 13.2 Å². The van der Waals surface area contributed by atoms with Crippen LogP contribution in [0, 0.1) is 0 Å². The van der Waals surface area contributed by atoms with E-state index in [1.54, 1.807) is 0 Å². The van der Waals surface area contributed by atoms with E-state index in [4.69, 9.17) is 14.8 Å². The normalized spacial score (nSPS) is 10.5. The van der Waals surface area contributed by atoms with Crippen LogP contribution in [-0.2, 0) is 10.1 Å². The fourth-order valence-corrected chi connectivity index (χ4v) is 1.35. The van der Waals surface area contributed by atoms with Crippen LogP contribution in [0.4, 0.5) is 0 Å². The standard InChI is InChI=1S/C7H6O6S.K.H/c8-6-2-1-4(14(11,12)13)3-5(6)7(9)10;;/h1-3,8H,(H,9,10)(H,11,12,13);;. The Bertz CT molecular complexity index is 480. The summed E-state index contributed by atoms with van der Waals surface area (Å²) < 4.78 is 29.8. The fourth-order valence-electron chi connectivity index (χ4n) is 0.847. The molecule has 0 aromatic heterocycles. The molecule has 78 valence electrons. The summed E-state index contributed by atoms with van der Waals surface area (Å²) in [5.74, 6) is -2.04.